The molecule has 1 aromatic heterocycles. The Morgan fingerprint density at radius 2 is 2.25 bits per heavy atom. The zero-order chi connectivity index (χ0) is 14.3. The van der Waals surface area contributed by atoms with Gasteiger partial charge < -0.3 is 15.5 Å². The van der Waals surface area contributed by atoms with Crippen molar-refractivity contribution in [3.8, 4) is 0 Å². The van der Waals surface area contributed by atoms with Crippen LogP contribution in [-0.2, 0) is 6.54 Å². The Kier molecular flexibility index (Phi) is 3.45. The number of fused-ring (bicyclic) bond motifs is 1. The van der Waals surface area contributed by atoms with Gasteiger partial charge in [-0.2, -0.15) is 0 Å². The second-order valence-electron chi connectivity index (χ2n) is 5.32. The topological polar surface area (TPSA) is 62.5 Å². The van der Waals surface area contributed by atoms with Crippen LogP contribution in [0.3, 0.4) is 0 Å². The summed E-state index contributed by atoms with van der Waals surface area (Å²) in [6, 6.07) is 6.17. The van der Waals surface area contributed by atoms with E-state index in [0.29, 0.717) is 12.6 Å². The smallest absolute Gasteiger partial charge is 0.254 e. The number of benzene rings is 1. The molecule has 2 aromatic rings. The summed E-state index contributed by atoms with van der Waals surface area (Å²) in [7, 11) is 4.09. The molecule has 106 valence electrons. The Morgan fingerprint density at radius 3 is 2.90 bits per heavy atom. The van der Waals surface area contributed by atoms with E-state index < -0.39 is 0 Å². The maximum absolute atomic E-state index is 12.4. The van der Waals surface area contributed by atoms with Gasteiger partial charge in [0.25, 0.3) is 5.91 Å². The van der Waals surface area contributed by atoms with Crippen LogP contribution in [0.1, 0.15) is 15.4 Å². The summed E-state index contributed by atoms with van der Waals surface area (Å²) < 4.78 is 1.03. The Balaban J connectivity index is 1.78. The Bertz CT molecular complexity index is 646. The third-order valence-electron chi connectivity index (χ3n) is 3.73. The van der Waals surface area contributed by atoms with Crippen LogP contribution < -0.4 is 5.73 Å². The van der Waals surface area contributed by atoms with E-state index in [1.807, 2.05) is 37.2 Å². The first-order valence-electron chi connectivity index (χ1n) is 6.63. The molecule has 20 heavy (non-hydrogen) atoms. The van der Waals surface area contributed by atoms with Crippen LogP contribution in [0.4, 0.5) is 0 Å². The van der Waals surface area contributed by atoms with E-state index in [1.165, 1.54) is 0 Å². The van der Waals surface area contributed by atoms with Crippen molar-refractivity contribution in [2.75, 3.05) is 27.2 Å². The van der Waals surface area contributed by atoms with E-state index in [2.05, 4.69) is 9.88 Å². The van der Waals surface area contributed by atoms with Crippen LogP contribution in [0.5, 0.6) is 0 Å². The van der Waals surface area contributed by atoms with E-state index >= 15 is 0 Å². The Morgan fingerprint density at radius 1 is 1.50 bits per heavy atom. The highest BCUT2D eigenvalue weighted by Crippen LogP contribution is 2.24. The van der Waals surface area contributed by atoms with Crippen LogP contribution in [0.15, 0.2) is 18.2 Å². The number of rotatable bonds is 3. The molecule has 1 aliphatic heterocycles. The van der Waals surface area contributed by atoms with Gasteiger partial charge in [0.05, 0.1) is 10.2 Å². The quantitative estimate of drug-likeness (QED) is 0.921. The monoisotopic (exact) mass is 290 g/mol. The predicted octanol–water partition coefficient (Wildman–Crippen LogP) is 1.14. The van der Waals surface area contributed by atoms with Gasteiger partial charge in [0, 0.05) is 31.2 Å². The molecular weight excluding hydrogens is 272 g/mol. The van der Waals surface area contributed by atoms with Crippen molar-refractivity contribution in [3.05, 3.63) is 28.8 Å². The molecule has 6 heteroatoms. The second kappa shape index (κ2) is 5.12. The number of carbonyl (C=O) groups is 1. The summed E-state index contributed by atoms with van der Waals surface area (Å²) in [6.07, 6.45) is 0. The lowest BCUT2D eigenvalue weighted by Gasteiger charge is -2.42. The molecule has 0 radical (unpaired) electrons. The maximum Gasteiger partial charge on any atom is 0.254 e. The van der Waals surface area contributed by atoms with E-state index in [-0.39, 0.29) is 5.91 Å². The molecule has 2 N–H and O–H groups in total. The summed E-state index contributed by atoms with van der Waals surface area (Å²) >= 11 is 1.56. The van der Waals surface area contributed by atoms with Crippen LogP contribution in [0.2, 0.25) is 0 Å². The van der Waals surface area contributed by atoms with E-state index in [0.717, 1.165) is 33.9 Å². The van der Waals surface area contributed by atoms with Gasteiger partial charge in [-0.1, -0.05) is 0 Å². The molecule has 0 saturated carbocycles. The first kappa shape index (κ1) is 13.5. The third-order valence-corrected chi connectivity index (χ3v) is 4.77. The molecule has 1 amide bonds. The standard InChI is InChI=1S/C14H18N4OS/c1-17(2)10-7-18(8-10)14(19)9-3-4-11-12(5-9)20-13(6-15)16-11/h3-5,10H,6-8,15H2,1-2H3. The number of likely N-dealkylation sites (tertiary alicyclic amines) is 1. The fourth-order valence-corrected chi connectivity index (χ4v) is 3.21. The molecule has 1 fully saturated rings. The summed E-state index contributed by atoms with van der Waals surface area (Å²) in [6.45, 7) is 2.06. The van der Waals surface area contributed by atoms with Gasteiger partial charge in [0.15, 0.2) is 0 Å². The van der Waals surface area contributed by atoms with Crippen LogP contribution in [0, 0.1) is 0 Å². The molecule has 3 rings (SSSR count). The molecule has 0 aliphatic carbocycles. The summed E-state index contributed by atoms with van der Waals surface area (Å²) in [4.78, 5) is 20.8. The zero-order valence-electron chi connectivity index (χ0n) is 11.7. The molecule has 1 aliphatic rings. The van der Waals surface area contributed by atoms with Crippen molar-refractivity contribution >= 4 is 27.5 Å². The molecule has 5 nitrogen and oxygen atoms in total. The normalized spacial score (nSPS) is 15.9. The predicted molar refractivity (Wildman–Crippen MR) is 80.9 cm³/mol. The lowest BCUT2D eigenvalue weighted by molar-refractivity contribution is 0.0399. The summed E-state index contributed by atoms with van der Waals surface area (Å²) in [5.41, 5.74) is 7.26. The lowest BCUT2D eigenvalue weighted by atomic mass is 10.1. The van der Waals surface area contributed by atoms with E-state index in [4.69, 9.17) is 5.73 Å². The first-order valence-corrected chi connectivity index (χ1v) is 7.45. The minimum absolute atomic E-state index is 0.104. The number of hydrogen-bond acceptors (Lipinski definition) is 5. The molecule has 0 unspecified atom stereocenters. The van der Waals surface area contributed by atoms with Gasteiger partial charge in [-0.05, 0) is 32.3 Å². The molecule has 0 atom stereocenters. The first-order chi connectivity index (χ1) is 9.58. The van der Waals surface area contributed by atoms with Crippen LogP contribution in [-0.4, -0.2) is 53.9 Å². The molecule has 1 aromatic carbocycles. The van der Waals surface area contributed by atoms with Gasteiger partial charge in [-0.25, -0.2) is 4.98 Å². The number of hydrogen-bond donors (Lipinski definition) is 1. The molecule has 0 bridgehead atoms. The average molecular weight is 290 g/mol. The van der Waals surface area contributed by atoms with Crippen LogP contribution >= 0.6 is 11.3 Å². The highest BCUT2D eigenvalue weighted by molar-refractivity contribution is 7.18. The molecule has 0 spiro atoms. The molecular formula is C14H18N4OS. The number of nitrogens with zero attached hydrogens (tertiary/aromatic N) is 3. The minimum atomic E-state index is 0.104. The van der Waals surface area contributed by atoms with Crippen molar-refractivity contribution in [1.82, 2.24) is 14.8 Å². The fraction of sp³-hybridized carbons (Fsp3) is 0.429. The number of aromatic nitrogens is 1. The summed E-state index contributed by atoms with van der Waals surface area (Å²) in [5.74, 6) is 0.104. The van der Waals surface area contributed by atoms with Gasteiger partial charge >= 0.3 is 0 Å². The van der Waals surface area contributed by atoms with Crippen molar-refractivity contribution in [2.45, 2.75) is 12.6 Å². The number of amides is 1. The van der Waals surface area contributed by atoms with Gasteiger partial charge in [-0.15, -0.1) is 11.3 Å². The van der Waals surface area contributed by atoms with E-state index in [9.17, 15) is 4.79 Å². The minimum Gasteiger partial charge on any atom is -0.335 e. The van der Waals surface area contributed by atoms with Crippen molar-refractivity contribution in [2.24, 2.45) is 5.73 Å². The van der Waals surface area contributed by atoms with Gasteiger partial charge in [0.1, 0.15) is 5.01 Å². The fourth-order valence-electron chi connectivity index (χ4n) is 2.32. The largest absolute Gasteiger partial charge is 0.335 e. The van der Waals surface area contributed by atoms with Crippen molar-refractivity contribution in [1.29, 1.82) is 0 Å². The Labute approximate surface area is 122 Å². The molecule has 1 saturated heterocycles. The lowest BCUT2D eigenvalue weighted by Crippen LogP contribution is -2.59. The maximum atomic E-state index is 12.4. The average Bonchev–Trinajstić information content (AvgIpc) is 2.78. The zero-order valence-corrected chi connectivity index (χ0v) is 12.5. The number of likely N-dealkylation sites (N-methyl/N-ethyl adjacent to an activating group) is 1. The number of thiazole rings is 1. The van der Waals surface area contributed by atoms with E-state index in [1.54, 1.807) is 11.3 Å². The van der Waals surface area contributed by atoms with Crippen molar-refractivity contribution in [3.63, 3.8) is 0 Å². The summed E-state index contributed by atoms with van der Waals surface area (Å²) in [5, 5.41) is 0.904. The second-order valence-corrected chi connectivity index (χ2v) is 6.44. The molecule has 2 heterocycles. The third kappa shape index (κ3) is 2.30. The van der Waals surface area contributed by atoms with Gasteiger partial charge in [0.2, 0.25) is 0 Å². The van der Waals surface area contributed by atoms with Gasteiger partial charge in [-0.3, -0.25) is 4.79 Å². The van der Waals surface area contributed by atoms with Crippen molar-refractivity contribution < 1.29 is 4.79 Å². The number of nitrogens with two attached hydrogens (primary N) is 1. The number of carbonyl (C=O) groups excluding carboxylic acids is 1. The SMILES string of the molecule is CN(C)C1CN(C(=O)c2ccc3nc(CN)sc3c2)C1. The Hall–Kier alpha value is -1.50. The highest BCUT2D eigenvalue weighted by atomic mass is 32.1. The highest BCUT2D eigenvalue weighted by Gasteiger charge is 2.32. The van der Waals surface area contributed by atoms with Crippen LogP contribution in [0.25, 0.3) is 10.2 Å².